The van der Waals surface area contributed by atoms with Gasteiger partial charge in [0.15, 0.2) is 0 Å². The molecule has 0 spiro atoms. The lowest BCUT2D eigenvalue weighted by Gasteiger charge is -2.26. The molecule has 1 aliphatic carbocycles. The predicted octanol–water partition coefficient (Wildman–Crippen LogP) is 3.04. The van der Waals surface area contributed by atoms with E-state index in [1.807, 2.05) is 19.1 Å². The Labute approximate surface area is 118 Å². The minimum atomic E-state index is -0.180. The number of anilines is 1. The molecule has 0 atom stereocenters. The van der Waals surface area contributed by atoms with E-state index in [0.29, 0.717) is 10.7 Å². The molecule has 1 fully saturated rings. The van der Waals surface area contributed by atoms with Crippen molar-refractivity contribution < 1.29 is 4.79 Å². The van der Waals surface area contributed by atoms with Crippen LogP contribution in [0.5, 0.6) is 0 Å². The number of amides is 2. The number of rotatable bonds is 2. The monoisotopic (exact) mass is 281 g/mol. The van der Waals surface area contributed by atoms with Crippen LogP contribution in [0, 0.1) is 6.92 Å². The minimum absolute atomic E-state index is 0.180. The van der Waals surface area contributed by atoms with E-state index in [1.165, 1.54) is 0 Å². The molecule has 0 heterocycles. The number of hydrogen-bond acceptors (Lipinski definition) is 2. The van der Waals surface area contributed by atoms with Gasteiger partial charge in [-0.15, -0.1) is 0 Å². The van der Waals surface area contributed by atoms with Crippen LogP contribution in [0.4, 0.5) is 10.5 Å². The number of hydrogen-bond donors (Lipinski definition) is 3. The molecule has 5 heteroatoms. The largest absolute Gasteiger partial charge is 0.335 e. The fraction of sp³-hybridized carbons (Fsp3) is 0.500. The molecule has 0 aliphatic heterocycles. The molecule has 1 aliphatic rings. The molecule has 1 saturated carbocycles. The van der Waals surface area contributed by atoms with Gasteiger partial charge in [-0.1, -0.05) is 17.7 Å². The summed E-state index contributed by atoms with van der Waals surface area (Å²) >= 11 is 6.02. The first-order chi connectivity index (χ1) is 9.04. The smallest absolute Gasteiger partial charge is 0.319 e. The van der Waals surface area contributed by atoms with Crippen molar-refractivity contribution in [2.75, 3.05) is 5.32 Å². The van der Waals surface area contributed by atoms with Gasteiger partial charge in [0.1, 0.15) is 0 Å². The molecule has 1 aromatic carbocycles. The number of carbonyl (C=O) groups is 1. The van der Waals surface area contributed by atoms with Crippen LogP contribution >= 0.6 is 11.6 Å². The first-order valence-corrected chi connectivity index (χ1v) is 7.01. The fourth-order valence-corrected chi connectivity index (χ4v) is 2.47. The molecule has 0 bridgehead atoms. The quantitative estimate of drug-likeness (QED) is 0.780. The Morgan fingerprint density at radius 2 is 2.00 bits per heavy atom. The Morgan fingerprint density at radius 1 is 1.32 bits per heavy atom. The Hall–Kier alpha value is -1.26. The number of aryl methyl sites for hydroxylation is 1. The molecule has 19 heavy (non-hydrogen) atoms. The molecule has 4 N–H and O–H groups in total. The van der Waals surface area contributed by atoms with Crippen molar-refractivity contribution >= 4 is 23.3 Å². The van der Waals surface area contributed by atoms with Gasteiger partial charge in [0.2, 0.25) is 0 Å². The lowest BCUT2D eigenvalue weighted by Crippen LogP contribution is -2.42. The Morgan fingerprint density at radius 3 is 2.63 bits per heavy atom. The van der Waals surface area contributed by atoms with E-state index in [4.69, 9.17) is 17.3 Å². The second-order valence-corrected chi connectivity index (χ2v) is 5.58. The average Bonchev–Trinajstić information content (AvgIpc) is 2.37. The zero-order valence-electron chi connectivity index (χ0n) is 11.1. The molecule has 0 aromatic heterocycles. The van der Waals surface area contributed by atoms with Gasteiger partial charge >= 0.3 is 6.03 Å². The molecular formula is C14H20ClN3O. The molecule has 2 rings (SSSR count). The van der Waals surface area contributed by atoms with Crippen LogP contribution in [0.1, 0.15) is 31.2 Å². The zero-order chi connectivity index (χ0) is 13.8. The molecule has 104 valence electrons. The number of urea groups is 1. The van der Waals surface area contributed by atoms with E-state index in [-0.39, 0.29) is 18.1 Å². The molecule has 2 amide bonds. The molecule has 0 radical (unpaired) electrons. The Kier molecular flexibility index (Phi) is 4.66. The van der Waals surface area contributed by atoms with Gasteiger partial charge < -0.3 is 16.4 Å². The highest BCUT2D eigenvalue weighted by molar-refractivity contribution is 6.31. The lowest BCUT2D eigenvalue weighted by atomic mass is 9.92. The lowest BCUT2D eigenvalue weighted by molar-refractivity contribution is 0.242. The van der Waals surface area contributed by atoms with Crippen molar-refractivity contribution in [3.8, 4) is 0 Å². The van der Waals surface area contributed by atoms with Crippen molar-refractivity contribution in [1.82, 2.24) is 5.32 Å². The SMILES string of the molecule is Cc1ccc(NC(=O)NC2CCC(N)CC2)cc1Cl. The summed E-state index contributed by atoms with van der Waals surface area (Å²) in [7, 11) is 0. The average molecular weight is 282 g/mol. The number of halogens is 1. The highest BCUT2D eigenvalue weighted by Crippen LogP contribution is 2.20. The topological polar surface area (TPSA) is 67.2 Å². The Balaban J connectivity index is 1.85. The van der Waals surface area contributed by atoms with Crippen molar-refractivity contribution in [3.05, 3.63) is 28.8 Å². The van der Waals surface area contributed by atoms with Crippen molar-refractivity contribution in [1.29, 1.82) is 0 Å². The highest BCUT2D eigenvalue weighted by Gasteiger charge is 2.19. The first kappa shape index (κ1) is 14.2. The normalized spacial score (nSPS) is 22.9. The predicted molar refractivity (Wildman–Crippen MR) is 78.6 cm³/mol. The van der Waals surface area contributed by atoms with E-state index < -0.39 is 0 Å². The maximum Gasteiger partial charge on any atom is 0.319 e. The van der Waals surface area contributed by atoms with Crippen LogP contribution in [0.2, 0.25) is 5.02 Å². The summed E-state index contributed by atoms with van der Waals surface area (Å²) in [5.41, 5.74) is 7.54. The summed E-state index contributed by atoms with van der Waals surface area (Å²) in [4.78, 5) is 11.9. The fourth-order valence-electron chi connectivity index (χ4n) is 2.29. The third kappa shape index (κ3) is 4.11. The van der Waals surface area contributed by atoms with Crippen LogP contribution in [0.3, 0.4) is 0 Å². The van der Waals surface area contributed by atoms with Crippen LogP contribution < -0.4 is 16.4 Å². The summed E-state index contributed by atoms with van der Waals surface area (Å²) in [6.07, 6.45) is 3.84. The van der Waals surface area contributed by atoms with Crippen LogP contribution in [-0.2, 0) is 0 Å². The summed E-state index contributed by atoms with van der Waals surface area (Å²) in [6, 6.07) is 5.82. The number of nitrogens with one attached hydrogen (secondary N) is 2. The van der Waals surface area contributed by atoms with Crippen molar-refractivity contribution in [2.45, 2.75) is 44.7 Å². The van der Waals surface area contributed by atoms with Crippen molar-refractivity contribution in [2.24, 2.45) is 5.73 Å². The second kappa shape index (κ2) is 6.26. The van der Waals surface area contributed by atoms with Gasteiger partial charge in [0, 0.05) is 22.8 Å². The van der Waals surface area contributed by atoms with Gasteiger partial charge in [0.05, 0.1) is 0 Å². The zero-order valence-corrected chi connectivity index (χ0v) is 11.8. The van der Waals surface area contributed by atoms with Gasteiger partial charge in [-0.05, 0) is 50.3 Å². The summed E-state index contributed by atoms with van der Waals surface area (Å²) in [5.74, 6) is 0. The highest BCUT2D eigenvalue weighted by atomic mass is 35.5. The van der Waals surface area contributed by atoms with Gasteiger partial charge in [0.25, 0.3) is 0 Å². The van der Waals surface area contributed by atoms with E-state index in [1.54, 1.807) is 6.07 Å². The van der Waals surface area contributed by atoms with Gasteiger partial charge in [-0.2, -0.15) is 0 Å². The van der Waals surface area contributed by atoms with Crippen LogP contribution in [-0.4, -0.2) is 18.1 Å². The van der Waals surface area contributed by atoms with Gasteiger partial charge in [-0.25, -0.2) is 4.79 Å². The van der Waals surface area contributed by atoms with E-state index >= 15 is 0 Å². The maximum atomic E-state index is 11.9. The summed E-state index contributed by atoms with van der Waals surface area (Å²) in [5, 5.41) is 6.43. The molecule has 0 saturated heterocycles. The standard InChI is InChI=1S/C14H20ClN3O/c1-9-2-5-12(8-13(9)15)18-14(19)17-11-6-3-10(16)4-7-11/h2,5,8,10-11H,3-4,6-7,16H2,1H3,(H2,17,18,19). The third-order valence-electron chi connectivity index (χ3n) is 3.54. The first-order valence-electron chi connectivity index (χ1n) is 6.64. The van der Waals surface area contributed by atoms with E-state index in [9.17, 15) is 4.79 Å². The minimum Gasteiger partial charge on any atom is -0.335 e. The molecule has 4 nitrogen and oxygen atoms in total. The summed E-state index contributed by atoms with van der Waals surface area (Å²) < 4.78 is 0. The second-order valence-electron chi connectivity index (χ2n) is 5.17. The van der Waals surface area contributed by atoms with E-state index in [0.717, 1.165) is 31.2 Å². The molecule has 1 aromatic rings. The molecular weight excluding hydrogens is 262 g/mol. The van der Waals surface area contributed by atoms with Crippen molar-refractivity contribution in [3.63, 3.8) is 0 Å². The van der Waals surface area contributed by atoms with E-state index in [2.05, 4.69) is 10.6 Å². The summed E-state index contributed by atoms with van der Waals surface area (Å²) in [6.45, 7) is 1.93. The van der Waals surface area contributed by atoms with Gasteiger partial charge in [-0.3, -0.25) is 0 Å². The van der Waals surface area contributed by atoms with Crippen LogP contribution in [0.25, 0.3) is 0 Å². The third-order valence-corrected chi connectivity index (χ3v) is 3.94. The number of nitrogens with two attached hydrogens (primary N) is 1. The molecule has 0 unspecified atom stereocenters. The number of carbonyl (C=O) groups excluding carboxylic acids is 1. The van der Waals surface area contributed by atoms with Crippen LogP contribution in [0.15, 0.2) is 18.2 Å². The Bertz CT molecular complexity index is 456. The number of benzene rings is 1. The maximum absolute atomic E-state index is 11.9.